The smallest absolute Gasteiger partial charge is 0.341 e. The van der Waals surface area contributed by atoms with E-state index in [-0.39, 0.29) is 12.1 Å². The predicted octanol–water partition coefficient (Wildman–Crippen LogP) is 1.84. The van der Waals surface area contributed by atoms with Gasteiger partial charge in [0.15, 0.2) is 5.75 Å². The van der Waals surface area contributed by atoms with Crippen molar-refractivity contribution in [1.82, 2.24) is 4.57 Å². The number of benzene rings is 1. The molecule has 10 heteroatoms. The molecule has 1 aromatic heterocycles. The van der Waals surface area contributed by atoms with Crippen LogP contribution in [0, 0.1) is 21.7 Å². The highest BCUT2D eigenvalue weighted by Crippen LogP contribution is 2.40. The van der Waals surface area contributed by atoms with Crippen LogP contribution in [0.2, 0.25) is 0 Å². The van der Waals surface area contributed by atoms with Gasteiger partial charge in [-0.05, 0) is 6.92 Å². The Morgan fingerprint density at radius 1 is 1.48 bits per heavy atom. The molecule has 2 aromatic rings. The van der Waals surface area contributed by atoms with Crippen molar-refractivity contribution >= 4 is 22.6 Å². The molecular formula is C13H8F2N2O6. The van der Waals surface area contributed by atoms with E-state index in [4.69, 9.17) is 9.84 Å². The van der Waals surface area contributed by atoms with Crippen molar-refractivity contribution in [3.8, 4) is 5.75 Å². The molecule has 0 amide bonds. The van der Waals surface area contributed by atoms with Crippen LogP contribution in [0.3, 0.4) is 0 Å². The Balaban J connectivity index is 2.69. The number of aromatic nitrogens is 1. The summed E-state index contributed by atoms with van der Waals surface area (Å²) >= 11 is 0. The number of carboxylic acids is 1. The standard InChI is InChI=1S/C13H8F2N2O6/c1-4-3-23-12-8(15)7(14)9(17(21)22)6-10(12)16(4)2-5(11(6)18)13(19)20/h2,4H,3H2,1H3,(H,19,20)/t4-/m0/s1. The quantitative estimate of drug-likeness (QED) is 0.666. The van der Waals surface area contributed by atoms with Gasteiger partial charge in [0.05, 0.1) is 11.0 Å². The SMILES string of the molecule is C[C@H]1COc2c(F)c(F)c([N+](=O)[O-])c3c(=O)c(C(=O)O)cn1c23. The van der Waals surface area contributed by atoms with Gasteiger partial charge in [-0.3, -0.25) is 14.9 Å². The lowest BCUT2D eigenvalue weighted by Crippen LogP contribution is -2.28. The van der Waals surface area contributed by atoms with Crippen LogP contribution >= 0.6 is 0 Å². The average molecular weight is 326 g/mol. The first kappa shape index (κ1) is 14.9. The lowest BCUT2D eigenvalue weighted by molar-refractivity contribution is -0.386. The van der Waals surface area contributed by atoms with Gasteiger partial charge < -0.3 is 14.4 Å². The molecule has 0 aliphatic carbocycles. The van der Waals surface area contributed by atoms with Gasteiger partial charge >= 0.3 is 11.7 Å². The fourth-order valence-corrected chi connectivity index (χ4v) is 2.59. The van der Waals surface area contributed by atoms with Crippen LogP contribution in [0.4, 0.5) is 14.5 Å². The number of pyridine rings is 1. The van der Waals surface area contributed by atoms with E-state index in [1.165, 1.54) is 4.57 Å². The molecule has 0 saturated carbocycles. The number of hydrogen-bond acceptors (Lipinski definition) is 5. The number of carboxylic acid groups (broad SMARTS) is 1. The molecule has 0 saturated heterocycles. The van der Waals surface area contributed by atoms with Gasteiger partial charge in [0.1, 0.15) is 23.1 Å². The van der Waals surface area contributed by atoms with Gasteiger partial charge in [0.2, 0.25) is 17.1 Å². The highest BCUT2D eigenvalue weighted by molar-refractivity contribution is 5.99. The minimum absolute atomic E-state index is 0.113. The summed E-state index contributed by atoms with van der Waals surface area (Å²) in [5.41, 5.74) is -3.77. The van der Waals surface area contributed by atoms with Crippen LogP contribution in [0.25, 0.3) is 10.9 Å². The summed E-state index contributed by atoms with van der Waals surface area (Å²) in [6.07, 6.45) is 0.949. The summed E-state index contributed by atoms with van der Waals surface area (Å²) < 4.78 is 34.3. The highest BCUT2D eigenvalue weighted by Gasteiger charge is 2.36. The Bertz CT molecular complexity index is 952. The second-order valence-electron chi connectivity index (χ2n) is 5.03. The number of ether oxygens (including phenoxy) is 1. The number of hydrogen-bond donors (Lipinski definition) is 1. The molecule has 23 heavy (non-hydrogen) atoms. The fraction of sp³-hybridized carbons (Fsp3) is 0.231. The summed E-state index contributed by atoms with van der Waals surface area (Å²) in [5, 5.41) is 19.4. The molecule has 3 rings (SSSR count). The summed E-state index contributed by atoms with van der Waals surface area (Å²) in [6.45, 7) is 1.46. The van der Waals surface area contributed by atoms with Crippen molar-refractivity contribution in [2.24, 2.45) is 0 Å². The Morgan fingerprint density at radius 2 is 2.13 bits per heavy atom. The molecule has 1 aliphatic heterocycles. The summed E-state index contributed by atoms with van der Waals surface area (Å²) in [5.74, 6) is -5.72. The van der Waals surface area contributed by atoms with E-state index in [1.807, 2.05) is 0 Å². The van der Waals surface area contributed by atoms with Crippen LogP contribution in [-0.2, 0) is 0 Å². The van der Waals surface area contributed by atoms with E-state index in [2.05, 4.69) is 0 Å². The summed E-state index contributed by atoms with van der Waals surface area (Å²) in [4.78, 5) is 33.3. The number of carbonyl (C=O) groups is 1. The van der Waals surface area contributed by atoms with Crippen LogP contribution in [0.1, 0.15) is 23.3 Å². The number of nitro groups is 1. The van der Waals surface area contributed by atoms with E-state index in [1.54, 1.807) is 6.92 Å². The molecule has 120 valence electrons. The zero-order chi connectivity index (χ0) is 17.0. The summed E-state index contributed by atoms with van der Waals surface area (Å²) in [7, 11) is 0. The molecule has 1 aromatic carbocycles. The van der Waals surface area contributed by atoms with E-state index >= 15 is 0 Å². The highest BCUT2D eigenvalue weighted by atomic mass is 19.2. The van der Waals surface area contributed by atoms with E-state index < -0.39 is 56.4 Å². The topological polar surface area (TPSA) is 112 Å². The molecule has 0 fully saturated rings. The molecule has 0 unspecified atom stereocenters. The third-order valence-corrected chi connectivity index (χ3v) is 3.64. The fourth-order valence-electron chi connectivity index (χ4n) is 2.59. The Morgan fingerprint density at radius 3 is 2.70 bits per heavy atom. The molecule has 0 spiro atoms. The molecule has 1 atom stereocenters. The first-order chi connectivity index (χ1) is 10.8. The van der Waals surface area contributed by atoms with Gasteiger partial charge in [0, 0.05) is 6.20 Å². The Hall–Kier alpha value is -3.04. The maximum absolute atomic E-state index is 14.0. The third-order valence-electron chi connectivity index (χ3n) is 3.64. The average Bonchev–Trinajstić information content (AvgIpc) is 2.47. The van der Waals surface area contributed by atoms with Gasteiger partial charge in [-0.25, -0.2) is 4.79 Å². The number of nitrogens with zero attached hydrogens (tertiary/aromatic N) is 2. The predicted molar refractivity (Wildman–Crippen MR) is 71.9 cm³/mol. The van der Waals surface area contributed by atoms with Crippen molar-refractivity contribution < 1.29 is 28.3 Å². The second kappa shape index (κ2) is 4.73. The Labute approximate surface area is 125 Å². The van der Waals surface area contributed by atoms with Crippen molar-refractivity contribution in [1.29, 1.82) is 0 Å². The van der Waals surface area contributed by atoms with Crippen molar-refractivity contribution in [2.75, 3.05) is 6.61 Å². The monoisotopic (exact) mass is 326 g/mol. The Kier molecular flexibility index (Phi) is 3.06. The van der Waals surface area contributed by atoms with Crippen molar-refractivity contribution in [3.63, 3.8) is 0 Å². The first-order valence-electron chi connectivity index (χ1n) is 6.36. The normalized spacial score (nSPS) is 16.2. The minimum Gasteiger partial charge on any atom is -0.486 e. The second-order valence-corrected chi connectivity index (χ2v) is 5.03. The number of aromatic carboxylic acids is 1. The van der Waals surface area contributed by atoms with Crippen LogP contribution in [0.15, 0.2) is 11.0 Å². The van der Waals surface area contributed by atoms with Gasteiger partial charge in [-0.2, -0.15) is 8.78 Å². The van der Waals surface area contributed by atoms with Gasteiger partial charge in [-0.1, -0.05) is 0 Å². The third kappa shape index (κ3) is 1.87. The van der Waals surface area contributed by atoms with Gasteiger partial charge in [-0.15, -0.1) is 0 Å². The van der Waals surface area contributed by atoms with E-state index in [0.717, 1.165) is 6.20 Å². The molecule has 0 bridgehead atoms. The van der Waals surface area contributed by atoms with E-state index in [0.29, 0.717) is 0 Å². The first-order valence-corrected chi connectivity index (χ1v) is 6.36. The minimum atomic E-state index is -1.86. The lowest BCUT2D eigenvalue weighted by Gasteiger charge is -2.26. The van der Waals surface area contributed by atoms with Crippen LogP contribution in [0.5, 0.6) is 5.75 Å². The molecule has 8 nitrogen and oxygen atoms in total. The lowest BCUT2D eigenvalue weighted by atomic mass is 10.1. The molecule has 0 radical (unpaired) electrons. The van der Waals surface area contributed by atoms with Crippen LogP contribution in [-0.4, -0.2) is 27.2 Å². The molecular weight excluding hydrogens is 318 g/mol. The molecule has 1 aliphatic rings. The summed E-state index contributed by atoms with van der Waals surface area (Å²) in [6, 6.07) is -0.534. The molecule has 1 N–H and O–H groups in total. The zero-order valence-electron chi connectivity index (χ0n) is 11.5. The number of rotatable bonds is 2. The van der Waals surface area contributed by atoms with E-state index in [9.17, 15) is 28.5 Å². The van der Waals surface area contributed by atoms with Crippen molar-refractivity contribution in [2.45, 2.75) is 13.0 Å². The zero-order valence-corrected chi connectivity index (χ0v) is 11.5. The number of nitro benzene ring substituents is 1. The maximum Gasteiger partial charge on any atom is 0.341 e. The largest absolute Gasteiger partial charge is 0.486 e. The van der Waals surface area contributed by atoms with Crippen molar-refractivity contribution in [3.05, 3.63) is 43.7 Å². The van der Waals surface area contributed by atoms with Gasteiger partial charge in [0.25, 0.3) is 0 Å². The number of halogens is 2. The van der Waals surface area contributed by atoms with Crippen LogP contribution < -0.4 is 10.2 Å². The maximum atomic E-state index is 14.0. The molecule has 2 heterocycles.